The molecule has 2 rings (SSSR count). The van der Waals surface area contributed by atoms with Crippen LogP contribution in [0.2, 0.25) is 0 Å². The van der Waals surface area contributed by atoms with Crippen molar-refractivity contribution in [1.82, 2.24) is 0 Å². The number of hydrogen-bond acceptors (Lipinski definition) is 1. The van der Waals surface area contributed by atoms with Crippen LogP contribution in [-0.4, -0.2) is 6.61 Å². The van der Waals surface area contributed by atoms with Gasteiger partial charge in [0.25, 0.3) is 0 Å². The predicted molar refractivity (Wildman–Crippen MR) is 77.0 cm³/mol. The van der Waals surface area contributed by atoms with Crippen LogP contribution in [0.15, 0.2) is 12.1 Å². The first-order valence-corrected chi connectivity index (χ1v) is 7.82. The van der Waals surface area contributed by atoms with E-state index in [0.29, 0.717) is 24.5 Å². The third-order valence-electron chi connectivity index (χ3n) is 4.14. The van der Waals surface area contributed by atoms with Gasteiger partial charge in [0.2, 0.25) is 5.82 Å². The van der Waals surface area contributed by atoms with Crippen LogP contribution in [0.5, 0.6) is 5.75 Å². The summed E-state index contributed by atoms with van der Waals surface area (Å²) in [5, 5.41) is 0. The summed E-state index contributed by atoms with van der Waals surface area (Å²) in [6.45, 7) is 2.35. The lowest BCUT2D eigenvalue weighted by Gasteiger charge is -2.21. The largest absolute Gasteiger partial charge is 0.490 e. The summed E-state index contributed by atoms with van der Waals surface area (Å²) in [6, 6.07) is 3.23. The third kappa shape index (κ3) is 3.94. The van der Waals surface area contributed by atoms with Crippen LogP contribution >= 0.6 is 0 Å². The molecule has 1 aromatic carbocycles. The highest BCUT2D eigenvalue weighted by molar-refractivity contribution is 5.31. The van der Waals surface area contributed by atoms with Crippen LogP contribution in [0.4, 0.5) is 8.78 Å². The lowest BCUT2D eigenvalue weighted by molar-refractivity contribution is 0.294. The second-order valence-electron chi connectivity index (χ2n) is 5.74. The van der Waals surface area contributed by atoms with Gasteiger partial charge in [-0.1, -0.05) is 45.1 Å². The van der Waals surface area contributed by atoms with E-state index in [1.54, 1.807) is 12.1 Å². The fourth-order valence-corrected chi connectivity index (χ4v) is 2.92. The summed E-state index contributed by atoms with van der Waals surface area (Å²) in [6.07, 6.45) is 8.74. The molecule has 20 heavy (non-hydrogen) atoms. The minimum absolute atomic E-state index is 0.0331. The van der Waals surface area contributed by atoms with Gasteiger partial charge >= 0.3 is 0 Å². The average Bonchev–Trinajstić information content (AvgIpc) is 2.49. The second-order valence-corrected chi connectivity index (χ2v) is 5.74. The van der Waals surface area contributed by atoms with Crippen molar-refractivity contribution < 1.29 is 13.5 Å². The Hall–Kier alpha value is -1.12. The Balaban J connectivity index is 1.95. The standard InChI is InChI=1S/C17H24F2O/c1-2-12-20-15-11-10-14(16(18)17(15)19)9-8-13-6-4-3-5-7-13/h10-11,13H,2-9,12H2,1H3. The monoisotopic (exact) mass is 282 g/mol. The molecule has 1 nitrogen and oxygen atoms in total. The maximum Gasteiger partial charge on any atom is 0.200 e. The van der Waals surface area contributed by atoms with E-state index in [-0.39, 0.29) is 5.75 Å². The molecule has 0 atom stereocenters. The Morgan fingerprint density at radius 2 is 1.85 bits per heavy atom. The number of aryl methyl sites for hydroxylation is 1. The minimum Gasteiger partial charge on any atom is -0.490 e. The Morgan fingerprint density at radius 3 is 2.55 bits per heavy atom. The van der Waals surface area contributed by atoms with E-state index in [9.17, 15) is 8.78 Å². The molecule has 0 N–H and O–H groups in total. The van der Waals surface area contributed by atoms with Gasteiger partial charge in [-0.2, -0.15) is 4.39 Å². The molecule has 0 spiro atoms. The second kappa shape index (κ2) is 7.61. The van der Waals surface area contributed by atoms with Crippen molar-refractivity contribution in [2.24, 2.45) is 5.92 Å². The zero-order valence-electron chi connectivity index (χ0n) is 12.3. The van der Waals surface area contributed by atoms with Gasteiger partial charge in [-0.3, -0.25) is 0 Å². The third-order valence-corrected chi connectivity index (χ3v) is 4.14. The van der Waals surface area contributed by atoms with Crippen molar-refractivity contribution in [3.63, 3.8) is 0 Å². The highest BCUT2D eigenvalue weighted by atomic mass is 19.2. The average molecular weight is 282 g/mol. The topological polar surface area (TPSA) is 9.23 Å². The van der Waals surface area contributed by atoms with Crippen LogP contribution in [0.1, 0.15) is 57.4 Å². The number of benzene rings is 1. The minimum atomic E-state index is -0.834. The zero-order valence-corrected chi connectivity index (χ0v) is 12.3. The molecule has 0 unspecified atom stereocenters. The molecular formula is C17H24F2O. The summed E-state index contributed by atoms with van der Waals surface area (Å²) < 4.78 is 33.0. The van der Waals surface area contributed by atoms with Gasteiger partial charge in [0.15, 0.2) is 11.6 Å². The Labute approximate surface area is 120 Å². The Kier molecular flexibility index (Phi) is 5.81. The fourth-order valence-electron chi connectivity index (χ4n) is 2.92. The van der Waals surface area contributed by atoms with E-state index in [1.165, 1.54) is 32.1 Å². The number of ether oxygens (including phenoxy) is 1. The van der Waals surface area contributed by atoms with Crippen LogP contribution < -0.4 is 4.74 Å². The van der Waals surface area contributed by atoms with Gasteiger partial charge in [-0.25, -0.2) is 4.39 Å². The van der Waals surface area contributed by atoms with Crippen molar-refractivity contribution in [3.8, 4) is 5.75 Å². The predicted octanol–water partition coefficient (Wildman–Crippen LogP) is 5.27. The molecule has 3 heteroatoms. The van der Waals surface area contributed by atoms with E-state index in [2.05, 4.69) is 0 Å². The van der Waals surface area contributed by atoms with Gasteiger partial charge in [0.05, 0.1) is 6.61 Å². The first-order chi connectivity index (χ1) is 9.72. The van der Waals surface area contributed by atoms with E-state index in [1.807, 2.05) is 6.92 Å². The molecular weight excluding hydrogens is 258 g/mol. The van der Waals surface area contributed by atoms with Gasteiger partial charge in [-0.15, -0.1) is 0 Å². The molecule has 0 radical (unpaired) electrons. The quantitative estimate of drug-likeness (QED) is 0.691. The summed E-state index contributed by atoms with van der Waals surface area (Å²) in [7, 11) is 0. The van der Waals surface area contributed by atoms with Crippen molar-refractivity contribution in [2.45, 2.75) is 58.3 Å². The van der Waals surface area contributed by atoms with Crippen LogP contribution in [0.3, 0.4) is 0 Å². The molecule has 0 heterocycles. The summed E-state index contributed by atoms with van der Waals surface area (Å²) in [4.78, 5) is 0. The fraction of sp³-hybridized carbons (Fsp3) is 0.647. The first kappa shape index (κ1) is 15.3. The van der Waals surface area contributed by atoms with Gasteiger partial charge < -0.3 is 4.74 Å². The molecule has 1 fully saturated rings. The molecule has 1 aromatic rings. The molecule has 0 saturated heterocycles. The van der Waals surface area contributed by atoms with Crippen molar-refractivity contribution >= 4 is 0 Å². The van der Waals surface area contributed by atoms with Gasteiger partial charge in [0, 0.05) is 0 Å². The molecule has 0 aliphatic heterocycles. The van der Waals surface area contributed by atoms with Crippen molar-refractivity contribution in [3.05, 3.63) is 29.3 Å². The maximum absolute atomic E-state index is 14.0. The highest BCUT2D eigenvalue weighted by Crippen LogP contribution is 2.29. The van der Waals surface area contributed by atoms with Crippen LogP contribution in [0.25, 0.3) is 0 Å². The number of hydrogen-bond donors (Lipinski definition) is 0. The van der Waals surface area contributed by atoms with Gasteiger partial charge in [0.1, 0.15) is 0 Å². The SMILES string of the molecule is CCCOc1ccc(CCC2CCCCC2)c(F)c1F. The highest BCUT2D eigenvalue weighted by Gasteiger charge is 2.17. The molecule has 0 amide bonds. The van der Waals surface area contributed by atoms with E-state index >= 15 is 0 Å². The van der Waals surface area contributed by atoms with Crippen molar-refractivity contribution in [1.29, 1.82) is 0 Å². The normalized spacial score (nSPS) is 16.4. The number of halogens is 2. The maximum atomic E-state index is 14.0. The van der Waals surface area contributed by atoms with Crippen LogP contribution in [-0.2, 0) is 6.42 Å². The van der Waals surface area contributed by atoms with Gasteiger partial charge in [-0.05, 0) is 36.8 Å². The summed E-state index contributed by atoms with van der Waals surface area (Å²) >= 11 is 0. The zero-order chi connectivity index (χ0) is 14.4. The molecule has 1 aliphatic rings. The Bertz CT molecular complexity index is 425. The smallest absolute Gasteiger partial charge is 0.200 e. The lowest BCUT2D eigenvalue weighted by atomic mass is 9.85. The van der Waals surface area contributed by atoms with E-state index in [4.69, 9.17) is 4.74 Å². The van der Waals surface area contributed by atoms with E-state index in [0.717, 1.165) is 12.8 Å². The molecule has 1 aliphatic carbocycles. The summed E-state index contributed by atoms with van der Waals surface area (Å²) in [5.41, 5.74) is 0.483. The summed E-state index contributed by atoms with van der Waals surface area (Å²) in [5.74, 6) is -0.845. The molecule has 0 aromatic heterocycles. The number of rotatable bonds is 6. The Morgan fingerprint density at radius 1 is 1.10 bits per heavy atom. The molecule has 112 valence electrons. The van der Waals surface area contributed by atoms with Crippen molar-refractivity contribution in [2.75, 3.05) is 6.61 Å². The van der Waals surface area contributed by atoms with Crippen LogP contribution in [0, 0.1) is 17.6 Å². The first-order valence-electron chi connectivity index (χ1n) is 7.82. The molecule has 0 bridgehead atoms. The van der Waals surface area contributed by atoms with E-state index < -0.39 is 11.6 Å². The molecule has 1 saturated carbocycles. The lowest BCUT2D eigenvalue weighted by Crippen LogP contribution is -2.08.